The summed E-state index contributed by atoms with van der Waals surface area (Å²) in [4.78, 5) is 19.6. The first-order chi connectivity index (χ1) is 13.6. The van der Waals surface area contributed by atoms with Crippen LogP contribution in [0.2, 0.25) is 5.02 Å². The zero-order valence-corrected chi connectivity index (χ0v) is 16.8. The Kier molecular flexibility index (Phi) is 5.49. The van der Waals surface area contributed by atoms with E-state index in [1.54, 1.807) is 6.20 Å². The summed E-state index contributed by atoms with van der Waals surface area (Å²) >= 11 is 6.32. The van der Waals surface area contributed by atoms with E-state index < -0.39 is 0 Å². The van der Waals surface area contributed by atoms with Crippen LogP contribution in [0.1, 0.15) is 40.2 Å². The van der Waals surface area contributed by atoms with Gasteiger partial charge in [-0.25, -0.2) is 4.98 Å². The molecule has 3 aromatic rings. The molecule has 144 valence electrons. The minimum Gasteiger partial charge on any atom is -0.331 e. The van der Waals surface area contributed by atoms with Crippen LogP contribution in [0, 0.1) is 12.8 Å². The summed E-state index contributed by atoms with van der Waals surface area (Å²) in [7, 11) is 0. The third-order valence-corrected chi connectivity index (χ3v) is 5.56. The molecule has 0 bridgehead atoms. The Bertz CT molecular complexity index is 960. The topological polar surface area (TPSA) is 38.1 Å². The maximum Gasteiger partial charge on any atom is 0.254 e. The first-order valence-electron chi connectivity index (χ1n) is 9.69. The molecular weight excluding hydrogens is 370 g/mol. The van der Waals surface area contributed by atoms with Gasteiger partial charge in [0.05, 0.1) is 13.1 Å². The van der Waals surface area contributed by atoms with Crippen LogP contribution in [0.5, 0.6) is 0 Å². The number of imidazole rings is 1. The number of hydrogen-bond acceptors (Lipinski definition) is 2. The summed E-state index contributed by atoms with van der Waals surface area (Å²) in [5, 5.41) is 0.743. The van der Waals surface area contributed by atoms with Gasteiger partial charge in [0.15, 0.2) is 0 Å². The third-order valence-electron chi connectivity index (χ3n) is 5.19. The second-order valence-corrected chi connectivity index (χ2v) is 7.97. The van der Waals surface area contributed by atoms with E-state index in [0.717, 1.165) is 34.1 Å². The average molecular weight is 394 g/mol. The van der Waals surface area contributed by atoms with Crippen LogP contribution >= 0.6 is 11.6 Å². The standard InChI is InChI=1S/C23H24ClN3O/c1-17-6-10-19(11-7-17)23(28)27(14-18-8-9-18)16-22-25-12-13-26(22)15-20-4-2-3-5-21(20)24/h2-7,10-13,18H,8-9,14-16H2,1H3. The summed E-state index contributed by atoms with van der Waals surface area (Å²) < 4.78 is 2.07. The highest BCUT2D eigenvalue weighted by Crippen LogP contribution is 2.30. The second kappa shape index (κ2) is 8.19. The number of nitrogens with zero attached hydrogens (tertiary/aromatic N) is 3. The smallest absolute Gasteiger partial charge is 0.254 e. The molecular formula is C23H24ClN3O. The van der Waals surface area contributed by atoms with E-state index in [0.29, 0.717) is 19.0 Å². The molecule has 0 unspecified atom stereocenters. The van der Waals surface area contributed by atoms with Gasteiger partial charge in [-0.3, -0.25) is 4.79 Å². The molecule has 1 saturated carbocycles. The summed E-state index contributed by atoms with van der Waals surface area (Å²) in [5.41, 5.74) is 2.93. The van der Waals surface area contributed by atoms with Crippen molar-refractivity contribution in [1.82, 2.24) is 14.5 Å². The molecule has 4 rings (SSSR count). The number of carbonyl (C=O) groups is 1. The van der Waals surface area contributed by atoms with Gasteiger partial charge in [0, 0.05) is 29.5 Å². The van der Waals surface area contributed by atoms with Gasteiger partial charge in [0.25, 0.3) is 5.91 Å². The highest BCUT2D eigenvalue weighted by atomic mass is 35.5. The van der Waals surface area contributed by atoms with Gasteiger partial charge in [-0.2, -0.15) is 0 Å². The maximum absolute atomic E-state index is 13.1. The highest BCUT2D eigenvalue weighted by molar-refractivity contribution is 6.31. The van der Waals surface area contributed by atoms with Gasteiger partial charge < -0.3 is 9.47 Å². The summed E-state index contributed by atoms with van der Waals surface area (Å²) in [6, 6.07) is 15.6. The molecule has 2 aromatic carbocycles. The number of carbonyl (C=O) groups excluding carboxylic acids is 1. The number of hydrogen-bond donors (Lipinski definition) is 0. The van der Waals surface area contributed by atoms with Crippen molar-refractivity contribution in [3.63, 3.8) is 0 Å². The van der Waals surface area contributed by atoms with Crippen LogP contribution in [0.15, 0.2) is 60.9 Å². The van der Waals surface area contributed by atoms with Gasteiger partial charge in [0.1, 0.15) is 5.82 Å². The lowest BCUT2D eigenvalue weighted by atomic mass is 10.1. The van der Waals surface area contributed by atoms with Crippen LogP contribution in [-0.2, 0) is 13.1 Å². The minimum atomic E-state index is 0.0687. The highest BCUT2D eigenvalue weighted by Gasteiger charge is 2.28. The van der Waals surface area contributed by atoms with E-state index in [1.807, 2.05) is 66.6 Å². The lowest BCUT2D eigenvalue weighted by Crippen LogP contribution is -2.33. The molecule has 1 heterocycles. The zero-order chi connectivity index (χ0) is 19.5. The summed E-state index contributed by atoms with van der Waals surface area (Å²) in [6.07, 6.45) is 6.14. The van der Waals surface area contributed by atoms with Crippen LogP contribution in [0.25, 0.3) is 0 Å². The second-order valence-electron chi connectivity index (χ2n) is 7.56. The van der Waals surface area contributed by atoms with Gasteiger partial charge in [-0.05, 0) is 49.4 Å². The van der Waals surface area contributed by atoms with Crippen molar-refractivity contribution in [3.05, 3.63) is 88.5 Å². The van der Waals surface area contributed by atoms with E-state index in [1.165, 1.54) is 12.8 Å². The van der Waals surface area contributed by atoms with Gasteiger partial charge in [0.2, 0.25) is 0 Å². The van der Waals surface area contributed by atoms with Crippen molar-refractivity contribution in [3.8, 4) is 0 Å². The lowest BCUT2D eigenvalue weighted by Gasteiger charge is -2.23. The SMILES string of the molecule is Cc1ccc(C(=O)N(Cc2nccn2Cc2ccccc2Cl)CC2CC2)cc1. The fraction of sp³-hybridized carbons (Fsp3) is 0.304. The van der Waals surface area contributed by atoms with E-state index in [-0.39, 0.29) is 5.91 Å². The Morgan fingerprint density at radius 3 is 2.64 bits per heavy atom. The molecule has 1 fully saturated rings. The van der Waals surface area contributed by atoms with E-state index in [9.17, 15) is 4.79 Å². The largest absolute Gasteiger partial charge is 0.331 e. The number of benzene rings is 2. The molecule has 4 nitrogen and oxygen atoms in total. The van der Waals surface area contributed by atoms with Crippen molar-refractivity contribution in [2.24, 2.45) is 5.92 Å². The monoisotopic (exact) mass is 393 g/mol. The van der Waals surface area contributed by atoms with E-state index in [4.69, 9.17) is 11.6 Å². The predicted molar refractivity (Wildman–Crippen MR) is 111 cm³/mol. The number of halogens is 1. The number of aromatic nitrogens is 2. The molecule has 0 aliphatic heterocycles. The Morgan fingerprint density at radius 2 is 1.93 bits per heavy atom. The molecule has 0 radical (unpaired) electrons. The van der Waals surface area contributed by atoms with Crippen LogP contribution in [-0.4, -0.2) is 26.9 Å². The zero-order valence-electron chi connectivity index (χ0n) is 16.0. The molecule has 5 heteroatoms. The Morgan fingerprint density at radius 1 is 1.18 bits per heavy atom. The minimum absolute atomic E-state index is 0.0687. The quantitative estimate of drug-likeness (QED) is 0.569. The predicted octanol–water partition coefficient (Wildman–Crippen LogP) is 4.95. The normalized spacial score (nSPS) is 13.5. The average Bonchev–Trinajstić information content (AvgIpc) is 3.41. The maximum atomic E-state index is 13.1. The van der Waals surface area contributed by atoms with Crippen molar-refractivity contribution in [2.45, 2.75) is 32.9 Å². The summed E-state index contributed by atoms with van der Waals surface area (Å²) in [6.45, 7) is 3.96. The van der Waals surface area contributed by atoms with Crippen molar-refractivity contribution < 1.29 is 4.79 Å². The fourth-order valence-corrected chi connectivity index (χ4v) is 3.52. The Hall–Kier alpha value is -2.59. The van der Waals surface area contributed by atoms with Gasteiger partial charge in [-0.1, -0.05) is 47.5 Å². The fourth-order valence-electron chi connectivity index (χ4n) is 3.33. The van der Waals surface area contributed by atoms with E-state index >= 15 is 0 Å². The Balaban J connectivity index is 1.54. The third kappa shape index (κ3) is 4.45. The molecule has 0 N–H and O–H groups in total. The molecule has 1 aliphatic rings. The molecule has 0 atom stereocenters. The number of rotatable bonds is 7. The molecule has 0 spiro atoms. The van der Waals surface area contributed by atoms with Gasteiger partial charge >= 0.3 is 0 Å². The first kappa shape index (κ1) is 18.8. The molecule has 28 heavy (non-hydrogen) atoms. The molecule has 1 aliphatic carbocycles. The van der Waals surface area contributed by atoms with Crippen molar-refractivity contribution in [1.29, 1.82) is 0 Å². The first-order valence-corrected chi connectivity index (χ1v) is 10.1. The Labute approximate surface area is 170 Å². The summed E-state index contributed by atoms with van der Waals surface area (Å²) in [5.74, 6) is 1.56. The van der Waals surface area contributed by atoms with Crippen molar-refractivity contribution >= 4 is 17.5 Å². The molecule has 0 saturated heterocycles. The lowest BCUT2D eigenvalue weighted by molar-refractivity contribution is 0.0729. The number of amides is 1. The van der Waals surface area contributed by atoms with Crippen molar-refractivity contribution in [2.75, 3.05) is 6.54 Å². The van der Waals surface area contributed by atoms with E-state index in [2.05, 4.69) is 9.55 Å². The van der Waals surface area contributed by atoms with Gasteiger partial charge in [-0.15, -0.1) is 0 Å². The molecule has 1 amide bonds. The van der Waals surface area contributed by atoms with Crippen LogP contribution in [0.3, 0.4) is 0 Å². The van der Waals surface area contributed by atoms with Crippen LogP contribution in [0.4, 0.5) is 0 Å². The number of aryl methyl sites for hydroxylation is 1. The van der Waals surface area contributed by atoms with Crippen LogP contribution < -0.4 is 0 Å². The molecule has 1 aromatic heterocycles.